The molecule has 116 valence electrons. The summed E-state index contributed by atoms with van der Waals surface area (Å²) in [6.45, 7) is 7.97. The maximum atomic E-state index is 11.5. The van der Waals surface area contributed by atoms with Crippen LogP contribution in [0.3, 0.4) is 0 Å². The van der Waals surface area contributed by atoms with Crippen LogP contribution in [0.15, 0.2) is 36.4 Å². The number of carboxylic acids is 1. The first-order valence-corrected chi connectivity index (χ1v) is 7.38. The van der Waals surface area contributed by atoms with Gasteiger partial charge < -0.3 is 9.84 Å². The van der Waals surface area contributed by atoms with E-state index in [9.17, 15) is 9.90 Å². The third kappa shape index (κ3) is 4.35. The summed E-state index contributed by atoms with van der Waals surface area (Å²) in [4.78, 5) is 11.5. The molecule has 2 aromatic rings. The van der Waals surface area contributed by atoms with E-state index in [0.29, 0.717) is 12.2 Å². The molecule has 0 spiro atoms. The van der Waals surface area contributed by atoms with E-state index in [1.807, 2.05) is 58.0 Å². The first-order valence-electron chi connectivity index (χ1n) is 7.38. The highest BCUT2D eigenvalue weighted by molar-refractivity contribution is 5.73. The molecule has 0 heterocycles. The smallest absolute Gasteiger partial charge is 0.345 e. The van der Waals surface area contributed by atoms with Gasteiger partial charge in [-0.2, -0.15) is 0 Å². The second-order valence-corrected chi connectivity index (χ2v) is 5.97. The molecule has 1 atom stereocenters. The van der Waals surface area contributed by atoms with Crippen molar-refractivity contribution in [2.75, 3.05) is 0 Å². The lowest BCUT2D eigenvalue weighted by Gasteiger charge is -2.17. The van der Waals surface area contributed by atoms with Gasteiger partial charge in [-0.1, -0.05) is 35.4 Å². The van der Waals surface area contributed by atoms with Gasteiger partial charge in [0.05, 0.1) is 0 Å². The number of aliphatic carboxylic acids is 1. The Balaban J connectivity index is 2.21. The summed E-state index contributed by atoms with van der Waals surface area (Å²) in [7, 11) is 0. The van der Waals surface area contributed by atoms with Crippen LogP contribution in [0.2, 0.25) is 0 Å². The molecule has 0 radical (unpaired) electrons. The molecule has 0 aliphatic rings. The Bertz CT molecular complexity index is 595. The zero-order valence-corrected chi connectivity index (χ0v) is 13.5. The summed E-state index contributed by atoms with van der Waals surface area (Å²) in [5.41, 5.74) is 5.36. The third-order valence-electron chi connectivity index (χ3n) is 3.45. The first-order chi connectivity index (χ1) is 10.3. The number of ether oxygens (including phenoxy) is 1. The largest absolute Gasteiger partial charge is 0.478 e. The number of aryl methyl sites for hydroxylation is 4. The Kier molecular flexibility index (Phi) is 4.86. The van der Waals surface area contributed by atoms with Gasteiger partial charge in [0, 0.05) is 6.42 Å². The van der Waals surface area contributed by atoms with Crippen molar-refractivity contribution in [2.45, 2.75) is 40.2 Å². The molecule has 0 fully saturated rings. The SMILES string of the molecule is Cc1cc(C)cc(CC(Oc2cc(C)cc(C)c2)C(=O)O)c1. The molecule has 0 saturated carbocycles. The monoisotopic (exact) mass is 298 g/mol. The molecule has 0 amide bonds. The van der Waals surface area contributed by atoms with Crippen LogP contribution in [-0.2, 0) is 11.2 Å². The molecular weight excluding hydrogens is 276 g/mol. The minimum Gasteiger partial charge on any atom is -0.478 e. The molecule has 0 aromatic heterocycles. The number of hydrogen-bond acceptors (Lipinski definition) is 2. The van der Waals surface area contributed by atoms with E-state index in [1.165, 1.54) is 0 Å². The molecule has 3 nitrogen and oxygen atoms in total. The lowest BCUT2D eigenvalue weighted by Crippen LogP contribution is -2.29. The maximum absolute atomic E-state index is 11.5. The number of rotatable bonds is 5. The molecule has 0 bridgehead atoms. The molecule has 0 saturated heterocycles. The van der Waals surface area contributed by atoms with Crippen molar-refractivity contribution in [3.63, 3.8) is 0 Å². The highest BCUT2D eigenvalue weighted by Crippen LogP contribution is 2.20. The quantitative estimate of drug-likeness (QED) is 0.907. The predicted octanol–water partition coefficient (Wildman–Crippen LogP) is 3.99. The Morgan fingerprint density at radius 2 is 1.36 bits per heavy atom. The third-order valence-corrected chi connectivity index (χ3v) is 3.45. The van der Waals surface area contributed by atoms with E-state index in [2.05, 4.69) is 6.07 Å². The zero-order chi connectivity index (χ0) is 16.3. The van der Waals surface area contributed by atoms with E-state index < -0.39 is 12.1 Å². The Morgan fingerprint density at radius 1 is 0.909 bits per heavy atom. The van der Waals surface area contributed by atoms with Crippen molar-refractivity contribution in [3.05, 3.63) is 64.2 Å². The average Bonchev–Trinajstić information content (AvgIpc) is 2.35. The van der Waals surface area contributed by atoms with Crippen LogP contribution in [0.4, 0.5) is 0 Å². The van der Waals surface area contributed by atoms with Gasteiger partial charge >= 0.3 is 5.97 Å². The Hall–Kier alpha value is -2.29. The second-order valence-electron chi connectivity index (χ2n) is 5.97. The van der Waals surface area contributed by atoms with Crippen molar-refractivity contribution in [2.24, 2.45) is 0 Å². The van der Waals surface area contributed by atoms with Crippen molar-refractivity contribution < 1.29 is 14.6 Å². The maximum Gasteiger partial charge on any atom is 0.345 e. The lowest BCUT2D eigenvalue weighted by atomic mass is 10.0. The molecule has 22 heavy (non-hydrogen) atoms. The average molecular weight is 298 g/mol. The van der Waals surface area contributed by atoms with Crippen LogP contribution in [-0.4, -0.2) is 17.2 Å². The van der Waals surface area contributed by atoms with Gasteiger partial charge in [0.1, 0.15) is 5.75 Å². The number of carbonyl (C=O) groups is 1. The van der Waals surface area contributed by atoms with Gasteiger partial charge in [0.2, 0.25) is 0 Å². The van der Waals surface area contributed by atoms with Crippen molar-refractivity contribution in [1.82, 2.24) is 0 Å². The van der Waals surface area contributed by atoms with Gasteiger partial charge in [0.25, 0.3) is 0 Å². The summed E-state index contributed by atoms with van der Waals surface area (Å²) in [5, 5.41) is 9.45. The van der Waals surface area contributed by atoms with Gasteiger partial charge in [0.15, 0.2) is 6.10 Å². The van der Waals surface area contributed by atoms with E-state index in [0.717, 1.165) is 27.8 Å². The molecule has 1 N–H and O–H groups in total. The summed E-state index contributed by atoms with van der Waals surface area (Å²) in [6, 6.07) is 11.9. The van der Waals surface area contributed by atoms with Crippen LogP contribution in [0.25, 0.3) is 0 Å². The summed E-state index contributed by atoms with van der Waals surface area (Å²) in [6.07, 6.45) is -0.535. The first kappa shape index (κ1) is 16.1. The summed E-state index contributed by atoms with van der Waals surface area (Å²) in [5.74, 6) is -0.340. The lowest BCUT2D eigenvalue weighted by molar-refractivity contribution is -0.145. The topological polar surface area (TPSA) is 46.5 Å². The Morgan fingerprint density at radius 3 is 1.82 bits per heavy atom. The van der Waals surface area contributed by atoms with E-state index in [1.54, 1.807) is 0 Å². The van der Waals surface area contributed by atoms with Crippen LogP contribution < -0.4 is 4.74 Å². The molecule has 0 aliphatic carbocycles. The molecule has 3 heteroatoms. The van der Waals surface area contributed by atoms with E-state index in [4.69, 9.17) is 4.74 Å². The fourth-order valence-corrected chi connectivity index (χ4v) is 2.75. The minimum absolute atomic E-state index is 0.352. The minimum atomic E-state index is -0.946. The van der Waals surface area contributed by atoms with Gasteiger partial charge in [-0.05, 0) is 56.5 Å². The van der Waals surface area contributed by atoms with E-state index in [-0.39, 0.29) is 0 Å². The predicted molar refractivity (Wildman–Crippen MR) is 87.6 cm³/mol. The molecule has 2 rings (SSSR count). The summed E-state index contributed by atoms with van der Waals surface area (Å²) < 4.78 is 5.72. The van der Waals surface area contributed by atoms with Crippen LogP contribution in [0.5, 0.6) is 5.75 Å². The number of hydrogen-bond donors (Lipinski definition) is 1. The van der Waals surface area contributed by atoms with Crippen LogP contribution in [0.1, 0.15) is 27.8 Å². The standard InChI is InChI=1S/C19H22O3/c1-12-5-13(2)8-16(7-12)11-18(19(20)21)22-17-9-14(3)6-15(4)10-17/h5-10,18H,11H2,1-4H3,(H,20,21). The van der Waals surface area contributed by atoms with Gasteiger partial charge in [-0.15, -0.1) is 0 Å². The molecule has 2 aromatic carbocycles. The van der Waals surface area contributed by atoms with Crippen LogP contribution >= 0.6 is 0 Å². The second kappa shape index (κ2) is 6.65. The highest BCUT2D eigenvalue weighted by atomic mass is 16.5. The summed E-state index contributed by atoms with van der Waals surface area (Å²) >= 11 is 0. The molecular formula is C19H22O3. The van der Waals surface area contributed by atoms with Gasteiger partial charge in [-0.3, -0.25) is 0 Å². The fourth-order valence-electron chi connectivity index (χ4n) is 2.75. The molecule has 1 unspecified atom stereocenters. The van der Waals surface area contributed by atoms with Crippen LogP contribution in [0, 0.1) is 27.7 Å². The highest BCUT2D eigenvalue weighted by Gasteiger charge is 2.20. The molecule has 0 aliphatic heterocycles. The normalized spacial score (nSPS) is 12.0. The zero-order valence-electron chi connectivity index (χ0n) is 13.5. The van der Waals surface area contributed by atoms with Crippen molar-refractivity contribution in [1.29, 1.82) is 0 Å². The fraction of sp³-hybridized carbons (Fsp3) is 0.316. The van der Waals surface area contributed by atoms with E-state index >= 15 is 0 Å². The number of benzene rings is 2. The Labute approximate surface area is 131 Å². The van der Waals surface area contributed by atoms with Crippen molar-refractivity contribution in [3.8, 4) is 5.75 Å². The van der Waals surface area contributed by atoms with Gasteiger partial charge in [-0.25, -0.2) is 4.79 Å². The number of carboxylic acid groups (broad SMARTS) is 1. The van der Waals surface area contributed by atoms with Crippen molar-refractivity contribution >= 4 is 5.97 Å².